The highest BCUT2D eigenvalue weighted by Crippen LogP contribution is 2.35. The molecule has 1 N–H and O–H groups in total. The van der Waals surface area contributed by atoms with Gasteiger partial charge in [-0.25, -0.2) is 4.98 Å². The van der Waals surface area contributed by atoms with E-state index in [9.17, 15) is 13.2 Å². The third-order valence-corrected chi connectivity index (χ3v) is 2.23. The van der Waals surface area contributed by atoms with Crippen molar-refractivity contribution in [3.8, 4) is 0 Å². The van der Waals surface area contributed by atoms with Crippen LogP contribution in [0.1, 0.15) is 5.56 Å². The Morgan fingerprint density at radius 3 is 2.81 bits per heavy atom. The number of pyridine rings is 1. The van der Waals surface area contributed by atoms with E-state index in [1.165, 1.54) is 17.2 Å². The lowest BCUT2D eigenvalue weighted by Crippen LogP contribution is -2.32. The monoisotopic (exact) mass is 229 g/mol. The summed E-state index contributed by atoms with van der Waals surface area (Å²) in [6.07, 6.45) is 0.155. The Bertz CT molecular complexity index is 401. The number of hydrogen-bond donors (Lipinski definition) is 1. The largest absolute Gasteiger partial charge is 0.419 e. The smallest absolute Gasteiger partial charge is 0.388 e. The van der Waals surface area contributed by atoms with E-state index in [0.29, 0.717) is 13.1 Å². The molecule has 2 rings (SSSR count). The van der Waals surface area contributed by atoms with Crippen LogP contribution in [-0.2, 0) is 6.18 Å². The first kappa shape index (κ1) is 10.8. The molecule has 86 valence electrons. The molecule has 0 unspecified atom stereocenters. The zero-order chi connectivity index (χ0) is 11.6. The lowest BCUT2D eigenvalue weighted by molar-refractivity contribution is -0.137. The zero-order valence-corrected chi connectivity index (χ0v) is 8.33. The summed E-state index contributed by atoms with van der Waals surface area (Å²) >= 11 is 0. The standard InChI is InChI=1S/C10H10F3N3/c11-10(12,13)8-2-1-3-15-9(8)16-6-4-14-5-7-16/h1-4,6,14H,5,7H2. The summed E-state index contributed by atoms with van der Waals surface area (Å²) in [5.41, 5.74) is -0.707. The summed E-state index contributed by atoms with van der Waals surface area (Å²) in [6.45, 7) is 1.07. The maximum atomic E-state index is 12.7. The van der Waals surface area contributed by atoms with Crippen LogP contribution in [0.3, 0.4) is 0 Å². The number of aromatic nitrogens is 1. The van der Waals surface area contributed by atoms with Gasteiger partial charge in [-0.3, -0.25) is 0 Å². The Balaban J connectivity index is 2.40. The Morgan fingerprint density at radius 1 is 1.38 bits per heavy atom. The van der Waals surface area contributed by atoms with Crippen molar-refractivity contribution in [2.24, 2.45) is 0 Å². The Labute approximate surface area is 90.6 Å². The molecular weight excluding hydrogens is 219 g/mol. The number of nitrogens with zero attached hydrogens (tertiary/aromatic N) is 2. The van der Waals surface area contributed by atoms with Crippen molar-refractivity contribution >= 4 is 5.82 Å². The van der Waals surface area contributed by atoms with E-state index in [-0.39, 0.29) is 5.82 Å². The molecule has 6 heteroatoms. The summed E-state index contributed by atoms with van der Waals surface area (Å²) in [4.78, 5) is 5.28. The van der Waals surface area contributed by atoms with Crippen molar-refractivity contribution in [3.05, 3.63) is 36.3 Å². The summed E-state index contributed by atoms with van der Waals surface area (Å²) in [6, 6.07) is 2.33. The van der Waals surface area contributed by atoms with E-state index in [2.05, 4.69) is 10.3 Å². The SMILES string of the molecule is FC(F)(F)c1cccnc1N1C=CNCC1. The van der Waals surface area contributed by atoms with Crippen molar-refractivity contribution in [1.82, 2.24) is 10.3 Å². The first-order valence-corrected chi connectivity index (χ1v) is 4.78. The molecule has 1 aromatic heterocycles. The molecule has 1 aliphatic heterocycles. The highest BCUT2D eigenvalue weighted by atomic mass is 19.4. The summed E-state index contributed by atoms with van der Waals surface area (Å²) in [5, 5.41) is 2.91. The van der Waals surface area contributed by atoms with Crippen molar-refractivity contribution in [3.63, 3.8) is 0 Å². The summed E-state index contributed by atoms with van der Waals surface area (Å²) in [5.74, 6) is -0.0484. The maximum absolute atomic E-state index is 12.7. The highest BCUT2D eigenvalue weighted by molar-refractivity contribution is 5.51. The normalized spacial score (nSPS) is 16.1. The summed E-state index contributed by atoms with van der Waals surface area (Å²) < 4.78 is 38.1. The molecule has 0 saturated heterocycles. The molecule has 0 aromatic carbocycles. The molecule has 3 nitrogen and oxygen atoms in total. The fourth-order valence-electron chi connectivity index (χ4n) is 1.51. The van der Waals surface area contributed by atoms with Crippen molar-refractivity contribution in [1.29, 1.82) is 0 Å². The fourth-order valence-corrected chi connectivity index (χ4v) is 1.51. The first-order chi connectivity index (χ1) is 7.59. The Hall–Kier alpha value is -1.72. The minimum Gasteiger partial charge on any atom is -0.388 e. The number of hydrogen-bond acceptors (Lipinski definition) is 3. The van der Waals surface area contributed by atoms with Gasteiger partial charge in [-0.2, -0.15) is 13.2 Å². The van der Waals surface area contributed by atoms with Gasteiger partial charge in [0.1, 0.15) is 5.82 Å². The van der Waals surface area contributed by atoms with E-state index in [0.717, 1.165) is 6.07 Å². The molecule has 0 saturated carbocycles. The van der Waals surface area contributed by atoms with Gasteiger partial charge in [-0.1, -0.05) is 0 Å². The summed E-state index contributed by atoms with van der Waals surface area (Å²) in [7, 11) is 0. The molecule has 0 aliphatic carbocycles. The van der Waals surface area contributed by atoms with E-state index in [4.69, 9.17) is 0 Å². The van der Waals surface area contributed by atoms with Crippen LogP contribution in [0.25, 0.3) is 0 Å². The van der Waals surface area contributed by atoms with Gasteiger partial charge in [0.15, 0.2) is 0 Å². The first-order valence-electron chi connectivity index (χ1n) is 4.78. The third kappa shape index (κ3) is 2.10. The molecule has 1 aliphatic rings. The van der Waals surface area contributed by atoms with Crippen LogP contribution in [-0.4, -0.2) is 18.1 Å². The maximum Gasteiger partial charge on any atom is 0.419 e. The van der Waals surface area contributed by atoms with Gasteiger partial charge in [-0.05, 0) is 12.1 Å². The topological polar surface area (TPSA) is 28.2 Å². The van der Waals surface area contributed by atoms with E-state index in [1.807, 2.05) is 0 Å². The molecule has 0 spiro atoms. The van der Waals surface area contributed by atoms with Gasteiger partial charge in [0.25, 0.3) is 0 Å². The molecular formula is C10H10F3N3. The zero-order valence-electron chi connectivity index (χ0n) is 8.33. The Morgan fingerprint density at radius 2 is 2.19 bits per heavy atom. The Kier molecular flexibility index (Phi) is 2.72. The number of rotatable bonds is 1. The number of halogens is 3. The molecule has 0 atom stereocenters. The molecule has 16 heavy (non-hydrogen) atoms. The van der Waals surface area contributed by atoms with E-state index in [1.54, 1.807) is 12.4 Å². The predicted molar refractivity (Wildman–Crippen MR) is 53.7 cm³/mol. The number of anilines is 1. The second-order valence-electron chi connectivity index (χ2n) is 3.34. The van der Waals surface area contributed by atoms with Crippen LogP contribution in [0.15, 0.2) is 30.7 Å². The molecule has 0 bridgehead atoms. The second-order valence-corrected chi connectivity index (χ2v) is 3.34. The minimum absolute atomic E-state index is 0.0484. The van der Waals surface area contributed by atoms with Crippen molar-refractivity contribution in [2.75, 3.05) is 18.0 Å². The van der Waals surface area contributed by atoms with Crippen LogP contribution < -0.4 is 10.2 Å². The fraction of sp³-hybridized carbons (Fsp3) is 0.300. The van der Waals surface area contributed by atoms with Crippen LogP contribution in [0, 0.1) is 0 Å². The minimum atomic E-state index is -4.37. The molecule has 2 heterocycles. The van der Waals surface area contributed by atoms with E-state index >= 15 is 0 Å². The van der Waals surface area contributed by atoms with Gasteiger partial charge in [0, 0.05) is 31.7 Å². The van der Waals surface area contributed by atoms with Gasteiger partial charge in [0.2, 0.25) is 0 Å². The predicted octanol–water partition coefficient (Wildman–Crippen LogP) is 1.98. The van der Waals surface area contributed by atoms with Crippen LogP contribution in [0.5, 0.6) is 0 Å². The number of alkyl halides is 3. The van der Waals surface area contributed by atoms with Gasteiger partial charge in [-0.15, -0.1) is 0 Å². The lowest BCUT2D eigenvalue weighted by atomic mass is 10.2. The molecule has 1 aromatic rings. The van der Waals surface area contributed by atoms with Gasteiger partial charge < -0.3 is 10.2 Å². The van der Waals surface area contributed by atoms with E-state index < -0.39 is 11.7 Å². The third-order valence-electron chi connectivity index (χ3n) is 2.23. The lowest BCUT2D eigenvalue weighted by Gasteiger charge is -2.25. The molecule has 0 radical (unpaired) electrons. The van der Waals surface area contributed by atoms with Crippen LogP contribution in [0.2, 0.25) is 0 Å². The van der Waals surface area contributed by atoms with Gasteiger partial charge >= 0.3 is 6.18 Å². The van der Waals surface area contributed by atoms with Crippen molar-refractivity contribution in [2.45, 2.75) is 6.18 Å². The van der Waals surface area contributed by atoms with Crippen LogP contribution >= 0.6 is 0 Å². The van der Waals surface area contributed by atoms with Gasteiger partial charge in [0.05, 0.1) is 5.56 Å². The quantitative estimate of drug-likeness (QED) is 0.798. The van der Waals surface area contributed by atoms with Crippen LogP contribution in [0.4, 0.5) is 19.0 Å². The average molecular weight is 229 g/mol. The second kappa shape index (κ2) is 4.03. The highest BCUT2D eigenvalue weighted by Gasteiger charge is 2.35. The molecule has 0 fully saturated rings. The number of nitrogens with one attached hydrogen (secondary N) is 1. The molecule has 0 amide bonds. The average Bonchev–Trinajstić information content (AvgIpc) is 2.29. The van der Waals surface area contributed by atoms with Crippen molar-refractivity contribution < 1.29 is 13.2 Å².